The van der Waals surface area contributed by atoms with Crippen LogP contribution in [0.5, 0.6) is 0 Å². The van der Waals surface area contributed by atoms with Crippen LogP contribution in [0.3, 0.4) is 0 Å². The molecule has 1 atom stereocenters. The lowest BCUT2D eigenvalue weighted by atomic mass is 10.1. The number of pyridine rings is 1. The zero-order chi connectivity index (χ0) is 10.5. The Bertz CT molecular complexity index is 311. The molecule has 2 heterocycles. The van der Waals surface area contributed by atoms with E-state index in [0.717, 1.165) is 37.6 Å². The van der Waals surface area contributed by atoms with Crippen molar-refractivity contribution in [2.24, 2.45) is 5.92 Å². The molecule has 1 aromatic heterocycles. The normalized spacial score (nSPS) is 20.7. The van der Waals surface area contributed by atoms with Gasteiger partial charge in [0.15, 0.2) is 0 Å². The third-order valence-electron chi connectivity index (χ3n) is 2.47. The maximum atomic E-state index is 5.64. The maximum Gasteiger partial charge on any atom is 0.0888 e. The second-order valence-corrected chi connectivity index (χ2v) is 3.83. The Balaban J connectivity index is 1.73. The molecule has 1 unspecified atom stereocenters. The molecule has 2 N–H and O–H groups in total. The molecule has 1 aromatic rings. The smallest absolute Gasteiger partial charge is 0.0888 e. The van der Waals surface area contributed by atoms with Gasteiger partial charge in [-0.1, -0.05) is 0 Å². The second kappa shape index (κ2) is 5.09. The average Bonchev–Trinajstić information content (AvgIpc) is 2.71. The van der Waals surface area contributed by atoms with Gasteiger partial charge >= 0.3 is 0 Å². The summed E-state index contributed by atoms with van der Waals surface area (Å²) in [5, 5.41) is 0. The first-order valence-electron chi connectivity index (χ1n) is 5.20. The lowest BCUT2D eigenvalue weighted by molar-refractivity contribution is 0.0773. The largest absolute Gasteiger partial charge is 0.399 e. The number of nitrogens with zero attached hydrogens (tertiary/aromatic N) is 1. The first kappa shape index (κ1) is 10.4. The molecule has 15 heavy (non-hydrogen) atoms. The fourth-order valence-corrected chi connectivity index (χ4v) is 1.62. The molecule has 1 fully saturated rings. The van der Waals surface area contributed by atoms with Crippen molar-refractivity contribution >= 4 is 5.69 Å². The Morgan fingerprint density at radius 1 is 1.60 bits per heavy atom. The fraction of sp³-hybridized carbons (Fsp3) is 0.545. The van der Waals surface area contributed by atoms with E-state index in [1.807, 2.05) is 6.07 Å². The van der Waals surface area contributed by atoms with Gasteiger partial charge in [-0.15, -0.1) is 0 Å². The fourth-order valence-electron chi connectivity index (χ4n) is 1.62. The van der Waals surface area contributed by atoms with Crippen LogP contribution in [0.2, 0.25) is 0 Å². The van der Waals surface area contributed by atoms with Crippen molar-refractivity contribution in [1.82, 2.24) is 4.98 Å². The van der Waals surface area contributed by atoms with Gasteiger partial charge in [-0.3, -0.25) is 4.98 Å². The van der Waals surface area contributed by atoms with Crippen LogP contribution in [0.4, 0.5) is 5.69 Å². The van der Waals surface area contributed by atoms with Gasteiger partial charge in [-0.25, -0.2) is 0 Å². The summed E-state index contributed by atoms with van der Waals surface area (Å²) in [6.07, 6.45) is 2.80. The van der Waals surface area contributed by atoms with Crippen molar-refractivity contribution in [3.63, 3.8) is 0 Å². The molecule has 4 nitrogen and oxygen atoms in total. The van der Waals surface area contributed by atoms with Gasteiger partial charge in [-0.05, 0) is 18.6 Å². The predicted octanol–water partition coefficient (Wildman–Crippen LogP) is 1.22. The molecule has 0 spiro atoms. The van der Waals surface area contributed by atoms with Gasteiger partial charge in [-0.2, -0.15) is 0 Å². The van der Waals surface area contributed by atoms with Gasteiger partial charge in [0.25, 0.3) is 0 Å². The number of anilines is 1. The molecule has 0 amide bonds. The van der Waals surface area contributed by atoms with Crippen molar-refractivity contribution in [2.45, 2.75) is 13.0 Å². The third-order valence-corrected chi connectivity index (χ3v) is 2.47. The van der Waals surface area contributed by atoms with Crippen molar-refractivity contribution in [3.05, 3.63) is 24.0 Å². The Hall–Kier alpha value is -1.13. The van der Waals surface area contributed by atoms with Crippen LogP contribution in [0.15, 0.2) is 18.3 Å². The molecule has 0 radical (unpaired) electrons. The van der Waals surface area contributed by atoms with E-state index in [1.54, 1.807) is 12.3 Å². The van der Waals surface area contributed by atoms with E-state index >= 15 is 0 Å². The van der Waals surface area contributed by atoms with Crippen LogP contribution in [-0.2, 0) is 16.1 Å². The first-order valence-corrected chi connectivity index (χ1v) is 5.20. The summed E-state index contributed by atoms with van der Waals surface area (Å²) in [4.78, 5) is 4.17. The molecule has 82 valence electrons. The Labute approximate surface area is 89.4 Å². The lowest BCUT2D eigenvalue weighted by Crippen LogP contribution is -2.09. The SMILES string of the molecule is Nc1ccnc(COCC2CCOC2)c1. The molecule has 4 heteroatoms. The van der Waals surface area contributed by atoms with Gasteiger partial charge in [0.1, 0.15) is 0 Å². The van der Waals surface area contributed by atoms with E-state index in [2.05, 4.69) is 4.98 Å². The van der Waals surface area contributed by atoms with E-state index in [0.29, 0.717) is 12.5 Å². The molecule has 0 bridgehead atoms. The summed E-state index contributed by atoms with van der Waals surface area (Å²) in [6.45, 7) is 2.97. The van der Waals surface area contributed by atoms with Crippen LogP contribution < -0.4 is 5.73 Å². The van der Waals surface area contributed by atoms with Crippen LogP contribution >= 0.6 is 0 Å². The average molecular weight is 208 g/mol. The molecular formula is C11H16N2O2. The van der Waals surface area contributed by atoms with Gasteiger partial charge < -0.3 is 15.2 Å². The van der Waals surface area contributed by atoms with E-state index in [4.69, 9.17) is 15.2 Å². The van der Waals surface area contributed by atoms with E-state index in [1.165, 1.54) is 0 Å². The third kappa shape index (κ3) is 3.18. The molecule has 1 saturated heterocycles. The number of aromatic nitrogens is 1. The van der Waals surface area contributed by atoms with E-state index in [-0.39, 0.29) is 0 Å². The van der Waals surface area contributed by atoms with Gasteiger partial charge in [0.2, 0.25) is 0 Å². The standard InChI is InChI=1S/C11H16N2O2/c12-10-1-3-13-11(5-10)8-15-7-9-2-4-14-6-9/h1,3,5,9H,2,4,6-8H2,(H2,12,13). The molecule has 1 aliphatic rings. The predicted molar refractivity (Wildman–Crippen MR) is 57.2 cm³/mol. The molecule has 2 rings (SSSR count). The highest BCUT2D eigenvalue weighted by molar-refractivity contribution is 5.36. The molecule has 0 aliphatic carbocycles. The molecule has 1 aliphatic heterocycles. The Morgan fingerprint density at radius 2 is 2.53 bits per heavy atom. The zero-order valence-electron chi connectivity index (χ0n) is 8.69. The summed E-state index contributed by atoms with van der Waals surface area (Å²) < 4.78 is 10.8. The van der Waals surface area contributed by atoms with Crippen LogP contribution in [0.1, 0.15) is 12.1 Å². The zero-order valence-corrected chi connectivity index (χ0v) is 8.69. The Kier molecular flexibility index (Phi) is 3.53. The minimum atomic E-state index is 0.529. The minimum Gasteiger partial charge on any atom is -0.399 e. The highest BCUT2D eigenvalue weighted by atomic mass is 16.5. The molecule has 0 aromatic carbocycles. The van der Waals surface area contributed by atoms with Crippen molar-refractivity contribution in [3.8, 4) is 0 Å². The summed E-state index contributed by atoms with van der Waals surface area (Å²) in [5.41, 5.74) is 7.25. The molecular weight excluding hydrogens is 192 g/mol. The highest BCUT2D eigenvalue weighted by Gasteiger charge is 2.15. The molecule has 0 saturated carbocycles. The number of ether oxygens (including phenoxy) is 2. The highest BCUT2D eigenvalue weighted by Crippen LogP contribution is 2.13. The Morgan fingerprint density at radius 3 is 3.27 bits per heavy atom. The lowest BCUT2D eigenvalue weighted by Gasteiger charge is -2.08. The first-order chi connectivity index (χ1) is 7.34. The summed E-state index contributed by atoms with van der Waals surface area (Å²) in [5.74, 6) is 0.547. The number of rotatable bonds is 4. The topological polar surface area (TPSA) is 57.4 Å². The number of hydrogen-bond donors (Lipinski definition) is 1. The van der Waals surface area contributed by atoms with E-state index in [9.17, 15) is 0 Å². The van der Waals surface area contributed by atoms with Crippen molar-refractivity contribution in [2.75, 3.05) is 25.6 Å². The summed E-state index contributed by atoms with van der Waals surface area (Å²) in [7, 11) is 0. The second-order valence-electron chi connectivity index (χ2n) is 3.83. The monoisotopic (exact) mass is 208 g/mol. The van der Waals surface area contributed by atoms with Crippen molar-refractivity contribution in [1.29, 1.82) is 0 Å². The number of nitrogen functional groups attached to an aromatic ring is 1. The van der Waals surface area contributed by atoms with Crippen LogP contribution in [0, 0.1) is 5.92 Å². The minimum absolute atomic E-state index is 0.529. The van der Waals surface area contributed by atoms with Gasteiger partial charge in [0.05, 0.1) is 25.5 Å². The van der Waals surface area contributed by atoms with Crippen molar-refractivity contribution < 1.29 is 9.47 Å². The number of nitrogens with two attached hydrogens (primary N) is 1. The van der Waals surface area contributed by atoms with Crippen LogP contribution in [-0.4, -0.2) is 24.8 Å². The van der Waals surface area contributed by atoms with Crippen LogP contribution in [0.25, 0.3) is 0 Å². The number of hydrogen-bond acceptors (Lipinski definition) is 4. The van der Waals surface area contributed by atoms with E-state index < -0.39 is 0 Å². The maximum absolute atomic E-state index is 5.64. The summed E-state index contributed by atoms with van der Waals surface area (Å²) >= 11 is 0. The summed E-state index contributed by atoms with van der Waals surface area (Å²) in [6, 6.07) is 3.61. The van der Waals surface area contributed by atoms with Gasteiger partial charge in [0, 0.05) is 24.4 Å². The quantitative estimate of drug-likeness (QED) is 0.808.